The molecule has 1 aromatic heterocycles. The Morgan fingerprint density at radius 2 is 1.93 bits per heavy atom. The van der Waals surface area contributed by atoms with Crippen LogP contribution in [0.5, 0.6) is 0 Å². The highest BCUT2D eigenvalue weighted by Gasteiger charge is 2.32. The Hall–Kier alpha value is -1.99. The quantitative estimate of drug-likeness (QED) is 0.746. The lowest BCUT2D eigenvalue weighted by Gasteiger charge is -2.41. The van der Waals surface area contributed by atoms with Crippen LogP contribution in [0, 0.1) is 19.8 Å². The van der Waals surface area contributed by atoms with Crippen LogP contribution in [0.4, 0.5) is 5.69 Å². The second-order valence-electron chi connectivity index (χ2n) is 8.79. The average Bonchev–Trinajstić information content (AvgIpc) is 3.38. The second-order valence-corrected chi connectivity index (χ2v) is 8.79. The Labute approximate surface area is 174 Å². The Morgan fingerprint density at radius 3 is 2.62 bits per heavy atom. The van der Waals surface area contributed by atoms with Crippen molar-refractivity contribution >= 4 is 5.69 Å². The molecule has 0 spiro atoms. The number of piperazine rings is 1. The monoisotopic (exact) mass is 398 g/mol. The van der Waals surface area contributed by atoms with Gasteiger partial charge in [0.15, 0.2) is 5.82 Å². The largest absolute Gasteiger partial charge is 0.376 e. The van der Waals surface area contributed by atoms with Gasteiger partial charge >= 0.3 is 0 Å². The van der Waals surface area contributed by atoms with Crippen molar-refractivity contribution in [3.8, 4) is 0 Å². The first-order valence-electron chi connectivity index (χ1n) is 11.0. The molecule has 2 saturated heterocycles. The van der Waals surface area contributed by atoms with Crippen molar-refractivity contribution in [1.29, 1.82) is 0 Å². The first kappa shape index (κ1) is 20.3. The highest BCUT2D eigenvalue weighted by Crippen LogP contribution is 2.30. The number of aromatic nitrogens is 4. The fourth-order valence-electron chi connectivity index (χ4n) is 4.74. The summed E-state index contributed by atoms with van der Waals surface area (Å²) >= 11 is 0. The van der Waals surface area contributed by atoms with Crippen molar-refractivity contribution in [3.63, 3.8) is 0 Å². The van der Waals surface area contributed by atoms with Gasteiger partial charge in [0.25, 0.3) is 0 Å². The van der Waals surface area contributed by atoms with Crippen LogP contribution >= 0.6 is 0 Å². The maximum Gasteiger partial charge on any atom is 0.168 e. The molecule has 7 nitrogen and oxygen atoms in total. The van der Waals surface area contributed by atoms with Gasteiger partial charge in [0.05, 0.1) is 18.7 Å². The highest BCUT2D eigenvalue weighted by atomic mass is 16.5. The van der Waals surface area contributed by atoms with E-state index in [4.69, 9.17) is 4.74 Å². The summed E-state index contributed by atoms with van der Waals surface area (Å²) in [5.74, 6) is 1.42. The van der Waals surface area contributed by atoms with Gasteiger partial charge in [0, 0.05) is 38.5 Å². The molecule has 2 aliphatic rings. The van der Waals surface area contributed by atoms with Crippen molar-refractivity contribution in [1.82, 2.24) is 25.1 Å². The van der Waals surface area contributed by atoms with Crippen LogP contribution in [0.25, 0.3) is 0 Å². The molecule has 0 aliphatic carbocycles. The average molecular weight is 399 g/mol. The molecule has 0 bridgehead atoms. The molecule has 2 atom stereocenters. The Kier molecular flexibility index (Phi) is 6.15. The molecule has 158 valence electrons. The predicted octanol–water partition coefficient (Wildman–Crippen LogP) is 2.99. The number of rotatable bonds is 6. The van der Waals surface area contributed by atoms with E-state index < -0.39 is 0 Å². The molecule has 2 aromatic rings. The normalized spacial score (nSPS) is 21.8. The van der Waals surface area contributed by atoms with Crippen LogP contribution in [0.1, 0.15) is 49.7 Å². The van der Waals surface area contributed by atoms with Gasteiger partial charge in [0.1, 0.15) is 0 Å². The van der Waals surface area contributed by atoms with Crippen LogP contribution in [-0.2, 0) is 11.3 Å². The fraction of sp³-hybridized carbons (Fsp3) is 0.682. The first-order chi connectivity index (χ1) is 14.0. The van der Waals surface area contributed by atoms with Crippen LogP contribution in [0.2, 0.25) is 0 Å². The maximum atomic E-state index is 5.81. The minimum Gasteiger partial charge on any atom is -0.376 e. The number of hydrogen-bond donors (Lipinski definition) is 0. The smallest absolute Gasteiger partial charge is 0.168 e. The minimum atomic E-state index is 0.229. The zero-order chi connectivity index (χ0) is 20.4. The Balaban J connectivity index is 1.47. The molecule has 2 aliphatic heterocycles. The molecule has 0 N–H and O–H groups in total. The molecule has 0 amide bonds. The lowest BCUT2D eigenvalue weighted by molar-refractivity contribution is 0.0865. The third-order valence-electron chi connectivity index (χ3n) is 6.48. The molecule has 29 heavy (non-hydrogen) atoms. The van der Waals surface area contributed by atoms with E-state index in [1.165, 1.54) is 16.8 Å². The number of ether oxygens (including phenoxy) is 1. The summed E-state index contributed by atoms with van der Waals surface area (Å²) in [5, 5.41) is 12.8. The minimum absolute atomic E-state index is 0.229. The van der Waals surface area contributed by atoms with E-state index in [2.05, 4.69) is 71.2 Å². The zero-order valence-corrected chi connectivity index (χ0v) is 18.2. The molecule has 3 heterocycles. The van der Waals surface area contributed by atoms with Crippen molar-refractivity contribution in [2.45, 2.75) is 59.2 Å². The molecule has 0 radical (unpaired) electrons. The van der Waals surface area contributed by atoms with E-state index in [1.807, 2.05) is 4.68 Å². The SMILES string of the molecule is Cc1cccc(N2CCN([C@@H](c3nnnn3C[C@@H]3CCCO3)C(C)C)CC2)c1C. The van der Waals surface area contributed by atoms with Crippen molar-refractivity contribution in [2.24, 2.45) is 5.92 Å². The van der Waals surface area contributed by atoms with Gasteiger partial charge in [-0.1, -0.05) is 26.0 Å². The standard InChI is InChI=1S/C22H34N6O/c1-16(2)21(22-23-24-25-28(22)15-19-8-6-14-29-19)27-12-10-26(11-13-27)20-9-5-7-17(3)18(20)4/h5,7,9,16,19,21H,6,8,10-15H2,1-4H3/t19-,21+/m0/s1. The summed E-state index contributed by atoms with van der Waals surface area (Å²) < 4.78 is 7.80. The molecule has 1 aromatic carbocycles. The van der Waals surface area contributed by atoms with Gasteiger partial charge in [-0.2, -0.15) is 0 Å². The topological polar surface area (TPSA) is 59.3 Å². The summed E-state index contributed by atoms with van der Waals surface area (Å²) in [6, 6.07) is 6.84. The predicted molar refractivity (Wildman–Crippen MR) is 114 cm³/mol. The van der Waals surface area contributed by atoms with Crippen molar-refractivity contribution in [3.05, 3.63) is 35.2 Å². The van der Waals surface area contributed by atoms with Crippen LogP contribution in [-0.4, -0.2) is 64.0 Å². The summed E-state index contributed by atoms with van der Waals surface area (Å²) in [6.07, 6.45) is 2.47. The number of tetrazole rings is 1. The zero-order valence-electron chi connectivity index (χ0n) is 18.2. The van der Waals surface area contributed by atoms with Crippen molar-refractivity contribution in [2.75, 3.05) is 37.7 Å². The van der Waals surface area contributed by atoms with E-state index in [1.54, 1.807) is 0 Å². The summed E-state index contributed by atoms with van der Waals surface area (Å²) in [4.78, 5) is 5.08. The van der Waals surface area contributed by atoms with Gasteiger partial charge in [0.2, 0.25) is 0 Å². The summed E-state index contributed by atoms with van der Waals surface area (Å²) in [7, 11) is 0. The van der Waals surface area contributed by atoms with Gasteiger partial charge in [-0.15, -0.1) is 5.10 Å². The summed E-state index contributed by atoms with van der Waals surface area (Å²) in [6.45, 7) is 14.7. The maximum absolute atomic E-state index is 5.81. The van der Waals surface area contributed by atoms with E-state index in [0.717, 1.165) is 58.0 Å². The molecule has 0 saturated carbocycles. The van der Waals surface area contributed by atoms with Gasteiger partial charge < -0.3 is 9.64 Å². The number of hydrogen-bond acceptors (Lipinski definition) is 6. The lowest BCUT2D eigenvalue weighted by atomic mass is 10.00. The molecule has 4 rings (SSSR count). The number of benzene rings is 1. The Morgan fingerprint density at radius 1 is 1.14 bits per heavy atom. The summed E-state index contributed by atoms with van der Waals surface area (Å²) in [5.41, 5.74) is 4.12. The van der Waals surface area contributed by atoms with Gasteiger partial charge in [-0.3, -0.25) is 4.90 Å². The number of aryl methyl sites for hydroxylation is 1. The first-order valence-corrected chi connectivity index (χ1v) is 11.0. The molecule has 2 fully saturated rings. The van der Waals surface area contributed by atoms with E-state index >= 15 is 0 Å². The van der Waals surface area contributed by atoms with Crippen LogP contribution in [0.3, 0.4) is 0 Å². The van der Waals surface area contributed by atoms with Crippen LogP contribution in [0.15, 0.2) is 18.2 Å². The third kappa shape index (κ3) is 4.31. The number of anilines is 1. The molecular formula is C22H34N6O. The van der Waals surface area contributed by atoms with E-state index in [0.29, 0.717) is 5.92 Å². The highest BCUT2D eigenvalue weighted by molar-refractivity contribution is 5.56. The Bertz CT molecular complexity index is 805. The fourth-order valence-corrected chi connectivity index (χ4v) is 4.74. The lowest BCUT2D eigenvalue weighted by Crippen LogP contribution is -2.49. The molecule has 7 heteroatoms. The van der Waals surface area contributed by atoms with E-state index in [9.17, 15) is 0 Å². The third-order valence-corrected chi connectivity index (χ3v) is 6.48. The van der Waals surface area contributed by atoms with Gasteiger partial charge in [-0.25, -0.2) is 4.68 Å². The second kappa shape index (κ2) is 8.79. The van der Waals surface area contributed by atoms with E-state index in [-0.39, 0.29) is 12.1 Å². The molecular weight excluding hydrogens is 364 g/mol. The van der Waals surface area contributed by atoms with Crippen LogP contribution < -0.4 is 4.90 Å². The van der Waals surface area contributed by atoms with Crippen molar-refractivity contribution < 1.29 is 4.74 Å². The van der Waals surface area contributed by atoms with Gasteiger partial charge in [-0.05, 0) is 60.2 Å². The number of nitrogens with zero attached hydrogens (tertiary/aromatic N) is 6. The molecule has 0 unspecified atom stereocenters.